The second-order valence-corrected chi connectivity index (χ2v) is 5.58. The van der Waals surface area contributed by atoms with E-state index in [1.54, 1.807) is 6.07 Å². The summed E-state index contributed by atoms with van der Waals surface area (Å²) in [6.45, 7) is 3.19. The van der Waals surface area contributed by atoms with Gasteiger partial charge in [0.1, 0.15) is 6.07 Å². The largest absolute Gasteiger partial charge is 0.481 e. The molecule has 1 N–H and O–H groups in total. The zero-order chi connectivity index (χ0) is 14.8. The minimum atomic E-state index is -0.716. The lowest BCUT2D eigenvalue weighted by molar-refractivity contribution is -0.150. The molecule has 0 amide bonds. The molecule has 0 saturated carbocycles. The van der Waals surface area contributed by atoms with Crippen LogP contribution < -0.4 is 4.90 Å². The number of halogens is 1. The minimum absolute atomic E-state index is 0.440. The van der Waals surface area contributed by atoms with E-state index < -0.39 is 11.4 Å². The molecule has 4 nitrogen and oxygen atoms in total. The predicted molar refractivity (Wildman–Crippen MR) is 78.0 cm³/mol. The summed E-state index contributed by atoms with van der Waals surface area (Å²) in [5.41, 5.74) is 0.644. The molecule has 0 aliphatic carbocycles. The van der Waals surface area contributed by atoms with Gasteiger partial charge in [0.15, 0.2) is 0 Å². The molecule has 0 atom stereocenters. The summed E-state index contributed by atoms with van der Waals surface area (Å²) < 4.78 is 0. The average molecular weight is 293 g/mol. The van der Waals surface area contributed by atoms with E-state index in [4.69, 9.17) is 11.6 Å². The molecule has 106 valence electrons. The first-order valence-corrected chi connectivity index (χ1v) is 7.09. The van der Waals surface area contributed by atoms with Gasteiger partial charge in [0.25, 0.3) is 0 Å². The fourth-order valence-corrected chi connectivity index (χ4v) is 2.99. The fraction of sp³-hybridized carbons (Fsp3) is 0.467. The Morgan fingerprint density at radius 3 is 2.65 bits per heavy atom. The van der Waals surface area contributed by atoms with Crippen molar-refractivity contribution < 1.29 is 9.90 Å². The maximum Gasteiger partial charge on any atom is 0.309 e. The summed E-state index contributed by atoms with van der Waals surface area (Å²) in [5, 5.41) is 19.1. The number of nitriles is 1. The average Bonchev–Trinajstić information content (AvgIpc) is 2.47. The highest BCUT2D eigenvalue weighted by atomic mass is 35.5. The van der Waals surface area contributed by atoms with E-state index in [0.29, 0.717) is 42.9 Å². The van der Waals surface area contributed by atoms with Crippen molar-refractivity contribution in [3.63, 3.8) is 0 Å². The van der Waals surface area contributed by atoms with Gasteiger partial charge in [-0.25, -0.2) is 0 Å². The van der Waals surface area contributed by atoms with E-state index in [1.807, 2.05) is 19.1 Å². The normalized spacial score (nSPS) is 17.6. The van der Waals surface area contributed by atoms with Crippen LogP contribution in [0.2, 0.25) is 5.02 Å². The highest BCUT2D eigenvalue weighted by Gasteiger charge is 2.40. The molecule has 1 aliphatic rings. The zero-order valence-corrected chi connectivity index (χ0v) is 12.2. The summed E-state index contributed by atoms with van der Waals surface area (Å²) in [4.78, 5) is 13.5. The van der Waals surface area contributed by atoms with Crippen LogP contribution in [0, 0.1) is 16.7 Å². The molecule has 1 fully saturated rings. The first-order chi connectivity index (χ1) is 9.54. The Balaban J connectivity index is 2.22. The quantitative estimate of drug-likeness (QED) is 0.928. The number of piperidine rings is 1. The fourth-order valence-electron chi connectivity index (χ4n) is 2.78. The van der Waals surface area contributed by atoms with Crippen molar-refractivity contribution in [2.75, 3.05) is 18.0 Å². The molecule has 0 bridgehead atoms. The Bertz CT molecular complexity index is 557. The SMILES string of the molecule is CCC1(C(=O)O)CCN(c2cccc(Cl)c2C#N)CC1. The monoisotopic (exact) mass is 292 g/mol. The first kappa shape index (κ1) is 14.7. The van der Waals surface area contributed by atoms with Gasteiger partial charge < -0.3 is 10.0 Å². The summed E-state index contributed by atoms with van der Waals surface area (Å²) >= 11 is 6.04. The number of carboxylic acids is 1. The molecule has 1 aromatic rings. The van der Waals surface area contributed by atoms with Crippen LogP contribution in [0.4, 0.5) is 5.69 Å². The lowest BCUT2D eigenvalue weighted by Crippen LogP contribution is -2.44. The second-order valence-electron chi connectivity index (χ2n) is 5.17. The van der Waals surface area contributed by atoms with E-state index in [1.165, 1.54) is 0 Å². The van der Waals surface area contributed by atoms with E-state index in [0.717, 1.165) is 5.69 Å². The third-order valence-electron chi connectivity index (χ3n) is 4.30. The minimum Gasteiger partial charge on any atom is -0.481 e. The maximum absolute atomic E-state index is 11.4. The van der Waals surface area contributed by atoms with Crippen molar-refractivity contribution in [1.82, 2.24) is 0 Å². The number of hydrogen-bond acceptors (Lipinski definition) is 3. The summed E-state index contributed by atoms with van der Waals surface area (Å²) in [6, 6.07) is 7.51. The van der Waals surface area contributed by atoms with Crippen molar-refractivity contribution in [3.05, 3.63) is 28.8 Å². The van der Waals surface area contributed by atoms with Crippen LogP contribution in [0.15, 0.2) is 18.2 Å². The molecule has 0 unspecified atom stereocenters. The van der Waals surface area contributed by atoms with Crippen molar-refractivity contribution in [1.29, 1.82) is 5.26 Å². The van der Waals surface area contributed by atoms with Crippen LogP contribution in [0.25, 0.3) is 0 Å². The third-order valence-corrected chi connectivity index (χ3v) is 4.61. The van der Waals surface area contributed by atoms with Gasteiger partial charge in [0.05, 0.1) is 21.7 Å². The number of rotatable bonds is 3. The van der Waals surface area contributed by atoms with Crippen molar-refractivity contribution in [2.45, 2.75) is 26.2 Å². The number of nitrogens with zero attached hydrogens (tertiary/aromatic N) is 2. The highest BCUT2D eigenvalue weighted by Crippen LogP contribution is 2.38. The van der Waals surface area contributed by atoms with Gasteiger partial charge >= 0.3 is 5.97 Å². The van der Waals surface area contributed by atoms with Crippen molar-refractivity contribution >= 4 is 23.3 Å². The molecular weight excluding hydrogens is 276 g/mol. The third kappa shape index (κ3) is 2.46. The number of benzene rings is 1. The topological polar surface area (TPSA) is 64.3 Å². The van der Waals surface area contributed by atoms with E-state index in [-0.39, 0.29) is 0 Å². The molecule has 1 aromatic carbocycles. The van der Waals surface area contributed by atoms with Crippen LogP contribution in [0.5, 0.6) is 0 Å². The van der Waals surface area contributed by atoms with Gasteiger partial charge in [0.2, 0.25) is 0 Å². The van der Waals surface area contributed by atoms with Crippen LogP contribution in [0.3, 0.4) is 0 Å². The number of carboxylic acid groups (broad SMARTS) is 1. The number of carbonyl (C=O) groups is 1. The van der Waals surface area contributed by atoms with E-state index >= 15 is 0 Å². The van der Waals surface area contributed by atoms with Gasteiger partial charge in [-0.05, 0) is 31.4 Å². The van der Waals surface area contributed by atoms with Gasteiger partial charge in [-0.1, -0.05) is 24.6 Å². The Hall–Kier alpha value is -1.73. The molecule has 0 spiro atoms. The smallest absolute Gasteiger partial charge is 0.309 e. The predicted octanol–water partition coefficient (Wildman–Crippen LogP) is 3.29. The first-order valence-electron chi connectivity index (χ1n) is 6.71. The molecule has 1 heterocycles. The Labute approximate surface area is 123 Å². The Kier molecular flexibility index (Phi) is 4.20. The number of hydrogen-bond donors (Lipinski definition) is 1. The lowest BCUT2D eigenvalue weighted by Gasteiger charge is -2.39. The summed E-state index contributed by atoms with van der Waals surface area (Å²) in [6.07, 6.45) is 1.82. The van der Waals surface area contributed by atoms with Crippen LogP contribution in [-0.4, -0.2) is 24.2 Å². The summed E-state index contributed by atoms with van der Waals surface area (Å²) in [7, 11) is 0. The summed E-state index contributed by atoms with van der Waals surface area (Å²) in [5.74, 6) is -0.716. The van der Waals surface area contributed by atoms with Gasteiger partial charge in [0, 0.05) is 13.1 Å². The van der Waals surface area contributed by atoms with E-state index in [2.05, 4.69) is 11.0 Å². The molecule has 0 radical (unpaired) electrons. The maximum atomic E-state index is 11.4. The Morgan fingerprint density at radius 1 is 1.50 bits per heavy atom. The van der Waals surface area contributed by atoms with Crippen molar-refractivity contribution in [2.24, 2.45) is 5.41 Å². The van der Waals surface area contributed by atoms with Crippen LogP contribution in [-0.2, 0) is 4.79 Å². The van der Waals surface area contributed by atoms with Gasteiger partial charge in [-0.3, -0.25) is 4.79 Å². The Morgan fingerprint density at radius 2 is 2.15 bits per heavy atom. The lowest BCUT2D eigenvalue weighted by atomic mass is 9.76. The molecule has 2 rings (SSSR count). The standard InChI is InChI=1S/C15H17ClN2O2/c1-2-15(14(19)20)6-8-18(9-7-15)13-5-3-4-12(16)11(13)10-17/h3-5H,2,6-9H2,1H3,(H,19,20). The molecule has 1 aliphatic heterocycles. The second kappa shape index (κ2) is 5.72. The number of anilines is 1. The molecular formula is C15H17ClN2O2. The van der Waals surface area contributed by atoms with Gasteiger partial charge in [-0.2, -0.15) is 5.26 Å². The highest BCUT2D eigenvalue weighted by molar-refractivity contribution is 6.32. The molecule has 1 saturated heterocycles. The molecule has 0 aromatic heterocycles. The van der Waals surface area contributed by atoms with Crippen LogP contribution in [0.1, 0.15) is 31.7 Å². The van der Waals surface area contributed by atoms with Gasteiger partial charge in [-0.15, -0.1) is 0 Å². The van der Waals surface area contributed by atoms with E-state index in [9.17, 15) is 15.2 Å². The van der Waals surface area contributed by atoms with Crippen molar-refractivity contribution in [3.8, 4) is 6.07 Å². The molecule has 5 heteroatoms. The zero-order valence-electron chi connectivity index (χ0n) is 11.4. The molecule has 20 heavy (non-hydrogen) atoms. The van der Waals surface area contributed by atoms with Crippen LogP contribution >= 0.6 is 11.6 Å². The number of aliphatic carboxylic acids is 1.